The lowest BCUT2D eigenvalue weighted by Crippen LogP contribution is -2.38. The molecule has 0 radical (unpaired) electrons. The Labute approximate surface area is 111 Å². The molecule has 0 aliphatic heterocycles. The molecule has 0 fully saturated rings. The number of carbonyl (C=O) groups excluding carboxylic acids is 1. The number of rotatable bonds is 4. The van der Waals surface area contributed by atoms with E-state index in [0.717, 1.165) is 5.56 Å². The van der Waals surface area contributed by atoms with Gasteiger partial charge in [-0.1, -0.05) is 30.3 Å². The van der Waals surface area contributed by atoms with Crippen LogP contribution in [0.15, 0.2) is 48.9 Å². The molecule has 0 aliphatic rings. The number of nitrogens with zero attached hydrogens (tertiary/aromatic N) is 2. The van der Waals surface area contributed by atoms with Crippen molar-refractivity contribution in [3.05, 3.63) is 60.2 Å². The second-order valence-corrected chi connectivity index (χ2v) is 4.41. The van der Waals surface area contributed by atoms with Crippen molar-refractivity contribution >= 4 is 5.91 Å². The topological polar surface area (TPSA) is 75.1 Å². The van der Waals surface area contributed by atoms with Crippen molar-refractivity contribution in [3.63, 3.8) is 0 Å². The molecule has 0 saturated carbocycles. The predicted molar refractivity (Wildman–Crippen MR) is 70.4 cm³/mol. The highest BCUT2D eigenvalue weighted by Crippen LogP contribution is 2.18. The molecule has 98 valence electrons. The molecule has 1 heterocycles. The van der Waals surface area contributed by atoms with Crippen LogP contribution in [0, 0.1) is 0 Å². The molecule has 5 nitrogen and oxygen atoms in total. The maximum atomic E-state index is 11.8. The summed E-state index contributed by atoms with van der Waals surface area (Å²) >= 11 is 0. The summed E-state index contributed by atoms with van der Waals surface area (Å²) in [7, 11) is 0. The van der Waals surface area contributed by atoms with Gasteiger partial charge in [0.15, 0.2) is 0 Å². The van der Waals surface area contributed by atoms with Crippen LogP contribution in [-0.4, -0.2) is 27.5 Å². The van der Waals surface area contributed by atoms with Crippen LogP contribution in [0.5, 0.6) is 0 Å². The van der Waals surface area contributed by atoms with Gasteiger partial charge in [-0.05, 0) is 12.5 Å². The maximum Gasteiger partial charge on any atom is 0.271 e. The highest BCUT2D eigenvalue weighted by molar-refractivity contribution is 5.91. The smallest absolute Gasteiger partial charge is 0.271 e. The predicted octanol–water partition coefficient (Wildman–Crippen LogP) is 1.11. The fourth-order valence-corrected chi connectivity index (χ4v) is 1.66. The summed E-state index contributed by atoms with van der Waals surface area (Å²) in [6, 6.07) is 9.18. The van der Waals surface area contributed by atoms with E-state index in [1.54, 1.807) is 6.92 Å². The first-order valence-electron chi connectivity index (χ1n) is 5.92. The summed E-state index contributed by atoms with van der Waals surface area (Å²) in [6.07, 6.45) is 4.33. The Kier molecular flexibility index (Phi) is 3.87. The minimum Gasteiger partial charge on any atom is -0.384 e. The lowest BCUT2D eigenvalue weighted by Gasteiger charge is -2.24. The third-order valence-corrected chi connectivity index (χ3v) is 2.78. The lowest BCUT2D eigenvalue weighted by molar-refractivity contribution is 0.0525. The Hall–Kier alpha value is -2.27. The first kappa shape index (κ1) is 13.2. The van der Waals surface area contributed by atoms with Gasteiger partial charge in [-0.2, -0.15) is 0 Å². The van der Waals surface area contributed by atoms with E-state index in [4.69, 9.17) is 0 Å². The Bertz CT molecular complexity index is 541. The second kappa shape index (κ2) is 5.58. The molecular weight excluding hydrogens is 242 g/mol. The molecular formula is C14H15N3O2. The van der Waals surface area contributed by atoms with Crippen LogP contribution in [0.3, 0.4) is 0 Å². The molecule has 5 heteroatoms. The summed E-state index contributed by atoms with van der Waals surface area (Å²) in [5, 5.41) is 13.0. The number of aromatic nitrogens is 2. The average Bonchev–Trinajstić information content (AvgIpc) is 2.47. The van der Waals surface area contributed by atoms with Gasteiger partial charge in [0.05, 0.1) is 12.7 Å². The van der Waals surface area contributed by atoms with E-state index >= 15 is 0 Å². The summed E-state index contributed by atoms with van der Waals surface area (Å²) in [5.41, 5.74) is -0.153. The average molecular weight is 257 g/mol. The normalized spacial score (nSPS) is 13.6. The van der Waals surface area contributed by atoms with Gasteiger partial charge in [0.2, 0.25) is 0 Å². The second-order valence-electron chi connectivity index (χ2n) is 4.41. The van der Waals surface area contributed by atoms with Crippen molar-refractivity contribution in [2.75, 3.05) is 6.54 Å². The lowest BCUT2D eigenvalue weighted by atomic mass is 9.96. The van der Waals surface area contributed by atoms with Gasteiger partial charge >= 0.3 is 0 Å². The maximum absolute atomic E-state index is 11.8. The number of carbonyl (C=O) groups is 1. The van der Waals surface area contributed by atoms with E-state index < -0.39 is 5.60 Å². The molecule has 0 spiro atoms. The standard InChI is InChI=1S/C14H15N3O2/c1-14(19,11-5-3-2-4-6-11)10-17-13(18)12-9-15-7-8-16-12/h2-9,19H,10H2,1H3,(H,17,18). The van der Waals surface area contributed by atoms with Crippen LogP contribution >= 0.6 is 0 Å². The molecule has 2 rings (SSSR count). The third kappa shape index (κ3) is 3.35. The van der Waals surface area contributed by atoms with Gasteiger partial charge in [-0.3, -0.25) is 9.78 Å². The highest BCUT2D eigenvalue weighted by Gasteiger charge is 2.23. The first-order chi connectivity index (χ1) is 9.09. The first-order valence-corrected chi connectivity index (χ1v) is 5.92. The monoisotopic (exact) mass is 257 g/mol. The number of amides is 1. The molecule has 0 aliphatic carbocycles. The van der Waals surface area contributed by atoms with Crippen molar-refractivity contribution in [2.45, 2.75) is 12.5 Å². The van der Waals surface area contributed by atoms with Crippen LogP contribution < -0.4 is 5.32 Å². The Morgan fingerprint density at radius 1 is 1.32 bits per heavy atom. The number of benzene rings is 1. The van der Waals surface area contributed by atoms with Gasteiger partial charge < -0.3 is 10.4 Å². The summed E-state index contributed by atoms with van der Waals surface area (Å²) < 4.78 is 0. The van der Waals surface area contributed by atoms with E-state index in [0.29, 0.717) is 0 Å². The number of hydrogen-bond donors (Lipinski definition) is 2. The molecule has 1 unspecified atom stereocenters. The summed E-state index contributed by atoms with van der Waals surface area (Å²) in [4.78, 5) is 19.5. The zero-order chi connectivity index (χ0) is 13.7. The number of aliphatic hydroxyl groups is 1. The zero-order valence-corrected chi connectivity index (χ0v) is 10.6. The molecule has 1 amide bonds. The molecule has 2 N–H and O–H groups in total. The van der Waals surface area contributed by atoms with Crippen LogP contribution in [0.2, 0.25) is 0 Å². The van der Waals surface area contributed by atoms with E-state index in [1.165, 1.54) is 18.6 Å². The van der Waals surface area contributed by atoms with Crippen LogP contribution in [0.25, 0.3) is 0 Å². The Balaban J connectivity index is 2.01. The molecule has 0 saturated heterocycles. The van der Waals surface area contributed by atoms with E-state index in [9.17, 15) is 9.90 Å². The fraction of sp³-hybridized carbons (Fsp3) is 0.214. The van der Waals surface area contributed by atoms with Crippen molar-refractivity contribution in [2.24, 2.45) is 0 Å². The van der Waals surface area contributed by atoms with Crippen molar-refractivity contribution < 1.29 is 9.90 Å². The fourth-order valence-electron chi connectivity index (χ4n) is 1.66. The van der Waals surface area contributed by atoms with Crippen molar-refractivity contribution in [1.29, 1.82) is 0 Å². The van der Waals surface area contributed by atoms with Gasteiger partial charge in [0, 0.05) is 12.4 Å². The summed E-state index contributed by atoms with van der Waals surface area (Å²) in [6.45, 7) is 1.76. The van der Waals surface area contributed by atoms with E-state index in [-0.39, 0.29) is 18.1 Å². The largest absolute Gasteiger partial charge is 0.384 e. The molecule has 1 aromatic carbocycles. The van der Waals surface area contributed by atoms with Crippen molar-refractivity contribution in [1.82, 2.24) is 15.3 Å². The third-order valence-electron chi connectivity index (χ3n) is 2.78. The quantitative estimate of drug-likeness (QED) is 0.860. The van der Waals surface area contributed by atoms with E-state index in [1.807, 2.05) is 30.3 Å². The Morgan fingerprint density at radius 2 is 2.05 bits per heavy atom. The number of hydrogen-bond acceptors (Lipinski definition) is 4. The number of nitrogens with one attached hydrogen (secondary N) is 1. The molecule has 1 aromatic heterocycles. The van der Waals surface area contributed by atoms with Gasteiger partial charge in [0.1, 0.15) is 11.3 Å². The molecule has 0 bridgehead atoms. The van der Waals surface area contributed by atoms with Crippen LogP contribution in [-0.2, 0) is 5.60 Å². The SMILES string of the molecule is CC(O)(CNC(=O)c1cnccn1)c1ccccc1. The minimum atomic E-state index is -1.13. The van der Waals surface area contributed by atoms with Gasteiger partial charge in [-0.25, -0.2) is 4.98 Å². The molecule has 2 aromatic rings. The summed E-state index contributed by atoms with van der Waals surface area (Å²) in [5.74, 6) is -0.357. The van der Waals surface area contributed by atoms with Crippen LogP contribution in [0.1, 0.15) is 23.0 Å². The van der Waals surface area contributed by atoms with Gasteiger partial charge in [0.25, 0.3) is 5.91 Å². The Morgan fingerprint density at radius 3 is 2.68 bits per heavy atom. The molecule has 1 atom stereocenters. The van der Waals surface area contributed by atoms with Crippen LogP contribution in [0.4, 0.5) is 0 Å². The highest BCUT2D eigenvalue weighted by atomic mass is 16.3. The zero-order valence-electron chi connectivity index (χ0n) is 10.6. The molecule has 19 heavy (non-hydrogen) atoms. The minimum absolute atomic E-state index is 0.104. The van der Waals surface area contributed by atoms with E-state index in [2.05, 4.69) is 15.3 Å². The van der Waals surface area contributed by atoms with Crippen molar-refractivity contribution in [3.8, 4) is 0 Å². The van der Waals surface area contributed by atoms with Gasteiger partial charge in [-0.15, -0.1) is 0 Å².